The number of carbonyl (C=O) groups is 1. The third-order valence-corrected chi connectivity index (χ3v) is 7.32. The van der Waals surface area contributed by atoms with Crippen molar-refractivity contribution in [3.8, 4) is 0 Å². The molecule has 0 radical (unpaired) electrons. The van der Waals surface area contributed by atoms with Crippen molar-refractivity contribution in [3.63, 3.8) is 0 Å². The van der Waals surface area contributed by atoms with Crippen LogP contribution in [0.2, 0.25) is 5.02 Å². The highest BCUT2D eigenvalue weighted by molar-refractivity contribution is 7.91. The Morgan fingerprint density at radius 3 is 2.30 bits per heavy atom. The molecule has 156 valence electrons. The summed E-state index contributed by atoms with van der Waals surface area (Å²) in [4.78, 5) is 16.8. The van der Waals surface area contributed by atoms with Crippen LogP contribution in [0.3, 0.4) is 0 Å². The molecule has 1 aromatic heterocycles. The minimum Gasteiger partial charge on any atom is -0.350 e. The first-order chi connectivity index (χ1) is 14.3. The second-order valence-corrected chi connectivity index (χ2v) is 9.77. The largest absolute Gasteiger partial charge is 0.350 e. The summed E-state index contributed by atoms with van der Waals surface area (Å²) in [5, 5.41) is 2.04. The molecule has 3 rings (SSSR count). The van der Waals surface area contributed by atoms with Crippen molar-refractivity contribution in [2.45, 2.75) is 29.9 Å². The van der Waals surface area contributed by atoms with E-state index in [1.807, 2.05) is 26.0 Å². The van der Waals surface area contributed by atoms with Crippen LogP contribution in [0.25, 0.3) is 0 Å². The van der Waals surface area contributed by atoms with Crippen LogP contribution in [-0.4, -0.2) is 25.9 Å². The van der Waals surface area contributed by atoms with E-state index < -0.39 is 21.0 Å². The molecule has 7 heteroatoms. The molecule has 3 aromatic rings. The molecule has 0 aliphatic carbocycles. The summed E-state index contributed by atoms with van der Waals surface area (Å²) in [5.74, 6) is -0.134. The molecule has 0 saturated heterocycles. The fourth-order valence-corrected chi connectivity index (χ4v) is 4.97. The van der Waals surface area contributed by atoms with Crippen molar-refractivity contribution in [2.24, 2.45) is 0 Å². The first kappa shape index (κ1) is 22.0. The number of hydrogen-bond acceptors (Lipinski definition) is 4. The van der Waals surface area contributed by atoms with Crippen LogP contribution >= 0.6 is 11.6 Å². The first-order valence-electron chi connectivity index (χ1n) is 9.57. The van der Waals surface area contributed by atoms with Gasteiger partial charge in [-0.15, -0.1) is 0 Å². The summed E-state index contributed by atoms with van der Waals surface area (Å²) < 4.78 is 26.8. The standard InChI is InChI=1S/C23H23ClN2O3S/c1-16(2)17-9-11-19(12-10-17)30(28,29)22(18-6-5-13-25-14-18)15-26-23(27)20-7-3-4-8-21(20)24/h3-14,16,22H,15H2,1-2H3,(H,26,27). The van der Waals surface area contributed by atoms with Crippen LogP contribution in [0.15, 0.2) is 78.0 Å². The summed E-state index contributed by atoms with van der Waals surface area (Å²) in [5.41, 5.74) is 1.85. The molecule has 0 aliphatic rings. The number of nitrogens with one attached hydrogen (secondary N) is 1. The van der Waals surface area contributed by atoms with E-state index in [0.29, 0.717) is 22.1 Å². The number of rotatable bonds is 7. The van der Waals surface area contributed by atoms with Gasteiger partial charge in [-0.1, -0.05) is 55.8 Å². The van der Waals surface area contributed by atoms with Crippen molar-refractivity contribution >= 4 is 27.3 Å². The van der Waals surface area contributed by atoms with Crippen LogP contribution in [0.5, 0.6) is 0 Å². The molecule has 0 bridgehead atoms. The van der Waals surface area contributed by atoms with Crippen LogP contribution in [0.4, 0.5) is 0 Å². The van der Waals surface area contributed by atoms with Crippen molar-refractivity contribution in [3.05, 3.63) is 94.8 Å². The zero-order chi connectivity index (χ0) is 21.7. The van der Waals surface area contributed by atoms with E-state index in [9.17, 15) is 13.2 Å². The zero-order valence-corrected chi connectivity index (χ0v) is 18.3. The monoisotopic (exact) mass is 442 g/mol. The second-order valence-electron chi connectivity index (χ2n) is 7.23. The molecule has 1 atom stereocenters. The molecular weight excluding hydrogens is 420 g/mol. The van der Waals surface area contributed by atoms with Gasteiger partial charge in [0.05, 0.1) is 15.5 Å². The van der Waals surface area contributed by atoms with Gasteiger partial charge in [-0.3, -0.25) is 9.78 Å². The summed E-state index contributed by atoms with van der Waals surface area (Å²) in [7, 11) is -3.77. The molecule has 0 spiro atoms. The van der Waals surface area contributed by atoms with Gasteiger partial charge in [0.1, 0.15) is 5.25 Å². The normalized spacial score (nSPS) is 12.5. The van der Waals surface area contributed by atoms with Crippen molar-refractivity contribution in [2.75, 3.05) is 6.54 Å². The molecule has 5 nitrogen and oxygen atoms in total. The van der Waals surface area contributed by atoms with E-state index in [1.54, 1.807) is 54.7 Å². The molecular formula is C23H23ClN2O3S. The van der Waals surface area contributed by atoms with Crippen molar-refractivity contribution in [1.82, 2.24) is 10.3 Å². The fraction of sp³-hybridized carbons (Fsp3) is 0.217. The molecule has 1 unspecified atom stereocenters. The highest BCUT2D eigenvalue weighted by atomic mass is 35.5. The fourth-order valence-electron chi connectivity index (χ4n) is 3.11. The molecule has 30 heavy (non-hydrogen) atoms. The number of sulfone groups is 1. The van der Waals surface area contributed by atoms with Gasteiger partial charge in [0, 0.05) is 18.9 Å². The van der Waals surface area contributed by atoms with Gasteiger partial charge in [-0.25, -0.2) is 8.42 Å². The SMILES string of the molecule is CC(C)c1ccc(S(=O)(=O)C(CNC(=O)c2ccccc2Cl)c2cccnc2)cc1. The van der Waals surface area contributed by atoms with Gasteiger partial charge in [-0.2, -0.15) is 0 Å². The number of halogens is 1. The van der Waals surface area contributed by atoms with Crippen LogP contribution in [0, 0.1) is 0 Å². The Bertz CT molecular complexity index is 1110. The number of pyridine rings is 1. The van der Waals surface area contributed by atoms with Gasteiger partial charge >= 0.3 is 0 Å². The van der Waals surface area contributed by atoms with E-state index >= 15 is 0 Å². The minimum atomic E-state index is -3.77. The van der Waals surface area contributed by atoms with Crippen LogP contribution in [-0.2, 0) is 9.84 Å². The number of nitrogens with zero attached hydrogens (tertiary/aromatic N) is 1. The molecule has 1 heterocycles. The maximum absolute atomic E-state index is 13.4. The lowest BCUT2D eigenvalue weighted by atomic mass is 10.0. The van der Waals surface area contributed by atoms with E-state index in [4.69, 9.17) is 11.6 Å². The minimum absolute atomic E-state index is 0.107. The topological polar surface area (TPSA) is 76.1 Å². The molecule has 0 aliphatic heterocycles. The van der Waals surface area contributed by atoms with Gasteiger partial charge in [-0.05, 0) is 47.4 Å². The smallest absolute Gasteiger partial charge is 0.252 e. The second kappa shape index (κ2) is 9.41. The molecule has 1 N–H and O–H groups in total. The van der Waals surface area contributed by atoms with Crippen LogP contribution < -0.4 is 5.32 Å². The Hall–Kier alpha value is -2.70. The predicted molar refractivity (Wildman–Crippen MR) is 118 cm³/mol. The first-order valence-corrected chi connectivity index (χ1v) is 11.5. The third-order valence-electron chi connectivity index (χ3n) is 4.87. The maximum atomic E-state index is 13.4. The lowest BCUT2D eigenvalue weighted by Gasteiger charge is -2.19. The van der Waals surface area contributed by atoms with Gasteiger partial charge in [0.25, 0.3) is 5.91 Å². The summed E-state index contributed by atoms with van der Waals surface area (Å²) in [6.07, 6.45) is 3.08. The summed E-state index contributed by atoms with van der Waals surface area (Å²) >= 11 is 6.09. The Morgan fingerprint density at radius 1 is 1.00 bits per heavy atom. The van der Waals surface area contributed by atoms with Gasteiger partial charge < -0.3 is 5.32 Å². The lowest BCUT2D eigenvalue weighted by molar-refractivity contribution is 0.0954. The third kappa shape index (κ3) is 4.89. The average molecular weight is 443 g/mol. The Labute approximate surface area is 182 Å². The quantitative estimate of drug-likeness (QED) is 0.570. The summed E-state index contributed by atoms with van der Waals surface area (Å²) in [6.45, 7) is 3.99. The number of carbonyl (C=O) groups excluding carboxylic acids is 1. The Morgan fingerprint density at radius 2 is 1.70 bits per heavy atom. The van der Waals surface area contributed by atoms with E-state index in [1.165, 1.54) is 6.20 Å². The van der Waals surface area contributed by atoms with Crippen molar-refractivity contribution in [1.29, 1.82) is 0 Å². The molecule has 0 fully saturated rings. The summed E-state index contributed by atoms with van der Waals surface area (Å²) in [6, 6.07) is 16.9. The average Bonchev–Trinajstić information content (AvgIpc) is 2.74. The van der Waals surface area contributed by atoms with Gasteiger partial charge in [0.15, 0.2) is 9.84 Å². The Kier molecular flexibility index (Phi) is 6.90. The van der Waals surface area contributed by atoms with Gasteiger partial charge in [0.2, 0.25) is 0 Å². The lowest BCUT2D eigenvalue weighted by Crippen LogP contribution is -2.32. The number of amides is 1. The molecule has 0 saturated carbocycles. The zero-order valence-electron chi connectivity index (χ0n) is 16.7. The van der Waals surface area contributed by atoms with Crippen molar-refractivity contribution < 1.29 is 13.2 Å². The van der Waals surface area contributed by atoms with E-state index in [-0.39, 0.29) is 11.4 Å². The van der Waals surface area contributed by atoms with E-state index in [2.05, 4.69) is 10.3 Å². The molecule has 1 amide bonds. The number of aromatic nitrogens is 1. The predicted octanol–water partition coefficient (Wildman–Crippen LogP) is 4.80. The van der Waals surface area contributed by atoms with E-state index in [0.717, 1.165) is 5.56 Å². The number of benzene rings is 2. The highest BCUT2D eigenvalue weighted by Crippen LogP contribution is 2.29. The molecule has 2 aromatic carbocycles. The Balaban J connectivity index is 1.91. The number of hydrogen-bond donors (Lipinski definition) is 1. The maximum Gasteiger partial charge on any atom is 0.252 e. The highest BCUT2D eigenvalue weighted by Gasteiger charge is 2.30. The van der Waals surface area contributed by atoms with Crippen LogP contribution in [0.1, 0.15) is 46.5 Å².